The molecular weight excluding hydrogens is 482 g/mol. The van der Waals surface area contributed by atoms with Gasteiger partial charge in [-0.1, -0.05) is 11.6 Å². The highest BCUT2D eigenvalue weighted by atomic mass is 35.5. The number of aryl methyl sites for hydroxylation is 1. The van der Waals surface area contributed by atoms with Gasteiger partial charge in [0.05, 0.1) is 28.1 Å². The van der Waals surface area contributed by atoms with Gasteiger partial charge < -0.3 is 25.4 Å². The highest BCUT2D eigenvalue weighted by Crippen LogP contribution is 2.35. The highest BCUT2D eigenvalue weighted by molar-refractivity contribution is 6.33. The van der Waals surface area contributed by atoms with E-state index in [9.17, 15) is 14.7 Å². The Morgan fingerprint density at radius 3 is 2.67 bits per heavy atom. The fourth-order valence-electron chi connectivity index (χ4n) is 4.57. The minimum absolute atomic E-state index is 0.0396. The Balaban J connectivity index is 1.35. The summed E-state index contributed by atoms with van der Waals surface area (Å²) in [5, 5.41) is 20.7. The number of likely N-dealkylation sites (tertiary alicyclic amines) is 1. The van der Waals surface area contributed by atoms with E-state index < -0.39 is 5.60 Å². The number of amides is 3. The molecule has 1 saturated heterocycles. The van der Waals surface area contributed by atoms with Crippen molar-refractivity contribution in [1.82, 2.24) is 19.8 Å². The van der Waals surface area contributed by atoms with Crippen molar-refractivity contribution in [1.29, 1.82) is 0 Å². The smallest absolute Gasteiger partial charge is 0.319 e. The molecule has 5 rings (SSSR count). The van der Waals surface area contributed by atoms with Gasteiger partial charge in [-0.2, -0.15) is 5.10 Å². The maximum atomic E-state index is 13.3. The molecule has 3 N–H and O–H groups in total. The van der Waals surface area contributed by atoms with Crippen molar-refractivity contribution in [3.63, 3.8) is 0 Å². The van der Waals surface area contributed by atoms with Gasteiger partial charge >= 0.3 is 6.03 Å². The minimum atomic E-state index is -0.828. The number of hydrogen-bond acceptors (Lipinski definition) is 5. The number of benzene rings is 1. The second-order valence-corrected chi connectivity index (χ2v) is 10.6. The quantitative estimate of drug-likeness (QED) is 0.448. The van der Waals surface area contributed by atoms with Gasteiger partial charge in [-0.05, 0) is 57.7 Å². The van der Waals surface area contributed by atoms with E-state index in [0.717, 1.165) is 24.8 Å². The Labute approximate surface area is 214 Å². The average molecular weight is 512 g/mol. The summed E-state index contributed by atoms with van der Waals surface area (Å²) < 4.78 is 7.78. The predicted octanol–water partition coefficient (Wildman–Crippen LogP) is 4.61. The SMILES string of the molecule is Cc1c(C(=O)N2CC[C@@H](C(C)(C)O)C2)cn2nccc(Oc3ccc(NC(=O)NC4CC4)c(Cl)c3)c12. The molecule has 9 nitrogen and oxygen atoms in total. The van der Waals surface area contributed by atoms with Crippen LogP contribution in [0.3, 0.4) is 0 Å². The fourth-order valence-corrected chi connectivity index (χ4v) is 4.79. The summed E-state index contributed by atoms with van der Waals surface area (Å²) >= 11 is 6.40. The van der Waals surface area contributed by atoms with Crippen molar-refractivity contribution in [3.05, 3.63) is 52.8 Å². The summed E-state index contributed by atoms with van der Waals surface area (Å²) in [6.07, 6.45) is 6.09. The summed E-state index contributed by atoms with van der Waals surface area (Å²) in [4.78, 5) is 27.1. The lowest BCUT2D eigenvalue weighted by Gasteiger charge is -2.25. The Morgan fingerprint density at radius 2 is 2.00 bits per heavy atom. The molecule has 0 bridgehead atoms. The molecule has 0 unspecified atom stereocenters. The van der Waals surface area contributed by atoms with Crippen molar-refractivity contribution in [2.24, 2.45) is 5.92 Å². The van der Waals surface area contributed by atoms with Crippen LogP contribution in [0.25, 0.3) is 5.52 Å². The number of aliphatic hydroxyl groups is 1. The zero-order chi connectivity index (χ0) is 25.6. The number of nitrogens with one attached hydrogen (secondary N) is 2. The average Bonchev–Trinajstić information content (AvgIpc) is 3.35. The first-order valence-corrected chi connectivity index (χ1v) is 12.5. The van der Waals surface area contributed by atoms with Crippen LogP contribution >= 0.6 is 11.6 Å². The first-order valence-electron chi connectivity index (χ1n) is 12.1. The number of aromatic nitrogens is 2. The fraction of sp³-hybridized carbons (Fsp3) is 0.423. The number of ether oxygens (including phenoxy) is 1. The van der Waals surface area contributed by atoms with E-state index in [1.807, 2.05) is 6.92 Å². The topological polar surface area (TPSA) is 108 Å². The molecule has 2 aliphatic rings. The molecule has 0 spiro atoms. The molecule has 3 amide bonds. The number of anilines is 1. The van der Waals surface area contributed by atoms with Crippen LogP contribution in [0.15, 0.2) is 36.7 Å². The number of hydrogen-bond donors (Lipinski definition) is 3. The third kappa shape index (κ3) is 4.99. The van der Waals surface area contributed by atoms with Gasteiger partial charge in [-0.25, -0.2) is 9.31 Å². The zero-order valence-corrected chi connectivity index (χ0v) is 21.3. The second kappa shape index (κ2) is 9.29. The van der Waals surface area contributed by atoms with Crippen LogP contribution in [0.1, 0.15) is 49.0 Å². The molecule has 10 heteroatoms. The number of carbonyl (C=O) groups excluding carboxylic acids is 2. The lowest BCUT2D eigenvalue weighted by Crippen LogP contribution is -2.35. The summed E-state index contributed by atoms with van der Waals surface area (Å²) in [6.45, 7) is 6.57. The van der Waals surface area contributed by atoms with Gasteiger partial charge in [0.15, 0.2) is 5.75 Å². The van der Waals surface area contributed by atoms with Crippen LogP contribution in [0, 0.1) is 12.8 Å². The molecule has 1 saturated carbocycles. The molecule has 0 radical (unpaired) electrons. The van der Waals surface area contributed by atoms with E-state index >= 15 is 0 Å². The first-order chi connectivity index (χ1) is 17.1. The normalized spacial score (nSPS) is 17.9. The molecule has 3 aromatic rings. The third-order valence-electron chi connectivity index (χ3n) is 6.92. The monoisotopic (exact) mass is 511 g/mol. The Morgan fingerprint density at radius 1 is 1.22 bits per heavy atom. The van der Waals surface area contributed by atoms with Crippen molar-refractivity contribution in [3.8, 4) is 11.5 Å². The van der Waals surface area contributed by atoms with Gasteiger partial charge in [-0.15, -0.1) is 0 Å². The summed E-state index contributed by atoms with van der Waals surface area (Å²) in [5.41, 5.74) is 1.65. The van der Waals surface area contributed by atoms with Crippen molar-refractivity contribution >= 4 is 34.7 Å². The van der Waals surface area contributed by atoms with Gasteiger partial charge in [0.2, 0.25) is 0 Å². The minimum Gasteiger partial charge on any atom is -0.455 e. The number of halogens is 1. The number of rotatable bonds is 6. The molecule has 1 aliphatic heterocycles. The number of nitrogens with zero attached hydrogens (tertiary/aromatic N) is 3. The standard InChI is InChI=1S/C26H30ClN5O4/c1-15-19(24(33)31-11-9-16(13-31)26(2,3)35)14-32-23(15)22(8-10-28-32)36-18-6-7-21(20(27)12-18)30-25(34)29-17-4-5-17/h6-8,10,12,14,16-17,35H,4-5,9,11,13H2,1-3H3,(H2,29,30,34)/t16-/m1/s1. The maximum absolute atomic E-state index is 13.3. The molecule has 2 fully saturated rings. The van der Waals surface area contributed by atoms with Crippen LogP contribution in [-0.4, -0.2) is 56.3 Å². The second-order valence-electron chi connectivity index (χ2n) is 10.2. The summed E-state index contributed by atoms with van der Waals surface area (Å²) in [5.74, 6) is 0.972. The molecule has 36 heavy (non-hydrogen) atoms. The van der Waals surface area contributed by atoms with Crippen molar-refractivity contribution < 1.29 is 19.4 Å². The van der Waals surface area contributed by atoms with Crippen LogP contribution in [0.4, 0.5) is 10.5 Å². The third-order valence-corrected chi connectivity index (χ3v) is 7.24. The molecule has 190 valence electrons. The van der Waals surface area contributed by atoms with E-state index in [4.69, 9.17) is 16.3 Å². The molecule has 3 heterocycles. The van der Waals surface area contributed by atoms with E-state index in [1.54, 1.807) is 59.9 Å². The highest BCUT2D eigenvalue weighted by Gasteiger charge is 2.36. The largest absolute Gasteiger partial charge is 0.455 e. The van der Waals surface area contributed by atoms with E-state index in [1.165, 1.54) is 0 Å². The van der Waals surface area contributed by atoms with Gasteiger partial charge in [-0.3, -0.25) is 4.79 Å². The van der Waals surface area contributed by atoms with Crippen LogP contribution in [0.5, 0.6) is 11.5 Å². The molecular formula is C26H30ClN5O4. The zero-order valence-electron chi connectivity index (χ0n) is 20.5. The molecule has 1 aliphatic carbocycles. The van der Waals surface area contributed by atoms with Gasteiger partial charge in [0, 0.05) is 43.4 Å². The number of fused-ring (bicyclic) bond motifs is 1. The van der Waals surface area contributed by atoms with Crippen LogP contribution in [-0.2, 0) is 0 Å². The molecule has 1 aromatic carbocycles. The number of carbonyl (C=O) groups is 2. The van der Waals surface area contributed by atoms with Crippen LogP contribution in [0.2, 0.25) is 5.02 Å². The lowest BCUT2D eigenvalue weighted by atomic mass is 9.90. The Kier molecular flexibility index (Phi) is 6.30. The molecule has 1 atom stereocenters. The van der Waals surface area contributed by atoms with Gasteiger partial charge in [0.1, 0.15) is 11.3 Å². The van der Waals surface area contributed by atoms with E-state index in [-0.39, 0.29) is 23.9 Å². The lowest BCUT2D eigenvalue weighted by molar-refractivity contribution is 0.0211. The Hall–Kier alpha value is -3.30. The summed E-state index contributed by atoms with van der Waals surface area (Å²) in [7, 11) is 0. The van der Waals surface area contributed by atoms with Gasteiger partial charge in [0.25, 0.3) is 5.91 Å². The van der Waals surface area contributed by atoms with Crippen LogP contribution < -0.4 is 15.4 Å². The summed E-state index contributed by atoms with van der Waals surface area (Å²) in [6, 6.07) is 6.75. The van der Waals surface area contributed by atoms with Crippen molar-refractivity contribution in [2.75, 3.05) is 18.4 Å². The predicted molar refractivity (Wildman–Crippen MR) is 137 cm³/mol. The van der Waals surface area contributed by atoms with Crippen molar-refractivity contribution in [2.45, 2.75) is 51.7 Å². The number of urea groups is 1. The van der Waals surface area contributed by atoms with E-state index in [0.29, 0.717) is 46.4 Å². The molecule has 2 aromatic heterocycles. The maximum Gasteiger partial charge on any atom is 0.319 e. The Bertz CT molecular complexity index is 1330. The first kappa shape index (κ1) is 24.4. The van der Waals surface area contributed by atoms with E-state index in [2.05, 4.69) is 15.7 Å².